The summed E-state index contributed by atoms with van der Waals surface area (Å²) < 4.78 is 43.6. The number of fused-ring (bicyclic) bond motifs is 2. The van der Waals surface area contributed by atoms with Gasteiger partial charge in [0.2, 0.25) is 11.5 Å². The van der Waals surface area contributed by atoms with Gasteiger partial charge in [-0.25, -0.2) is 9.59 Å². The Kier molecular flexibility index (Phi) is 10.6. The minimum atomic E-state index is -0.943. The molecule has 2 saturated heterocycles. The molecule has 0 aromatic heterocycles. The van der Waals surface area contributed by atoms with E-state index in [0.717, 1.165) is 0 Å². The number of aliphatic hydroxyl groups excluding tert-OH is 1. The Balaban J connectivity index is 1.39. The number of aliphatic hydroxyl groups is 1. The summed E-state index contributed by atoms with van der Waals surface area (Å²) in [4.78, 5) is 27.5. The van der Waals surface area contributed by atoms with Crippen LogP contribution in [0, 0.1) is 0 Å². The van der Waals surface area contributed by atoms with Crippen molar-refractivity contribution in [3.8, 4) is 34.5 Å². The van der Waals surface area contributed by atoms with E-state index in [1.165, 1.54) is 54.8 Å². The van der Waals surface area contributed by atoms with E-state index < -0.39 is 30.3 Å². The summed E-state index contributed by atoms with van der Waals surface area (Å²) in [7, 11) is 10.9. The van der Waals surface area contributed by atoms with Gasteiger partial charge in [-0.05, 0) is 54.6 Å². The summed E-state index contributed by atoms with van der Waals surface area (Å²) in [6, 6.07) is 6.15. The first-order valence-electron chi connectivity index (χ1n) is 13.9. The van der Waals surface area contributed by atoms with E-state index in [0.29, 0.717) is 58.5 Å². The smallest absolute Gasteiger partial charge is 0.331 e. The number of methoxy groups -OCH3 is 6. The van der Waals surface area contributed by atoms with E-state index in [4.69, 9.17) is 37.9 Å². The molecule has 2 aromatic rings. The second-order valence-corrected chi connectivity index (χ2v) is 10.3. The van der Waals surface area contributed by atoms with Crippen molar-refractivity contribution in [2.45, 2.75) is 43.2 Å². The first kappa shape index (κ1) is 32.5. The Hall–Kier alpha value is -4.42. The average molecular weight is 614 g/mol. The van der Waals surface area contributed by atoms with Crippen LogP contribution in [0.2, 0.25) is 0 Å². The highest BCUT2D eigenvalue weighted by Gasteiger charge is 2.53. The third-order valence-electron chi connectivity index (χ3n) is 7.90. The molecule has 2 aliphatic heterocycles. The van der Waals surface area contributed by atoms with Crippen LogP contribution in [0.4, 0.5) is 0 Å². The number of carbonyl (C=O) groups is 2. The molecule has 0 spiro atoms. The molecule has 0 aliphatic carbocycles. The second-order valence-electron chi connectivity index (χ2n) is 10.3. The predicted molar refractivity (Wildman–Crippen MR) is 161 cm³/mol. The molecule has 238 valence electrons. The average Bonchev–Trinajstić information content (AvgIpc) is 3.15. The molecule has 0 amide bonds. The molecule has 0 saturated carbocycles. The standard InChI is InChI=1S/C32H39NO11/c1-33-21-16-20(43-27(34)10-8-18-12-23(37-2)31(41-6)24(13-18)38-3)17-22(33)30(29(21)36)44-28(35)11-9-19-14-25(39-4)32(42-7)26(15-19)40-5/h8-15,20-22,29-30,36H,16-17H2,1-7H3/b10-8+,11-9+/t20-,21?,22?,29-,30+/m0/s1. The number of rotatable bonds is 12. The minimum Gasteiger partial charge on any atom is -0.493 e. The van der Waals surface area contributed by atoms with Crippen molar-refractivity contribution in [3.05, 3.63) is 47.5 Å². The van der Waals surface area contributed by atoms with Crippen LogP contribution in [0.3, 0.4) is 0 Å². The molecule has 12 nitrogen and oxygen atoms in total. The number of esters is 2. The van der Waals surface area contributed by atoms with Gasteiger partial charge >= 0.3 is 11.9 Å². The van der Waals surface area contributed by atoms with Gasteiger partial charge in [0.1, 0.15) is 18.3 Å². The van der Waals surface area contributed by atoms with Crippen LogP contribution in [-0.2, 0) is 19.1 Å². The highest BCUT2D eigenvalue weighted by atomic mass is 16.6. The van der Waals surface area contributed by atoms with Crippen LogP contribution in [0.5, 0.6) is 34.5 Å². The summed E-state index contributed by atoms with van der Waals surface area (Å²) in [5, 5.41) is 11.0. The van der Waals surface area contributed by atoms with Crippen LogP contribution >= 0.6 is 0 Å². The molecule has 2 unspecified atom stereocenters. The summed E-state index contributed by atoms with van der Waals surface area (Å²) in [5.74, 6) is 1.53. The molecular weight excluding hydrogens is 574 g/mol. The number of hydrogen-bond donors (Lipinski definition) is 1. The van der Waals surface area contributed by atoms with Crippen molar-refractivity contribution in [2.24, 2.45) is 0 Å². The number of hydrogen-bond acceptors (Lipinski definition) is 12. The molecule has 2 aromatic carbocycles. The first-order valence-corrected chi connectivity index (χ1v) is 13.9. The van der Waals surface area contributed by atoms with Gasteiger partial charge in [0, 0.05) is 31.0 Å². The molecule has 2 aliphatic rings. The maximum absolute atomic E-state index is 12.8. The fourth-order valence-electron chi connectivity index (χ4n) is 5.75. The van der Waals surface area contributed by atoms with Gasteiger partial charge < -0.3 is 43.0 Å². The molecule has 5 atom stereocenters. The lowest BCUT2D eigenvalue weighted by Crippen LogP contribution is -2.46. The summed E-state index contributed by atoms with van der Waals surface area (Å²) in [6.45, 7) is 0. The fraction of sp³-hybridized carbons (Fsp3) is 0.438. The maximum atomic E-state index is 12.8. The predicted octanol–water partition coefficient (Wildman–Crippen LogP) is 3.13. The highest BCUT2D eigenvalue weighted by Crippen LogP contribution is 2.40. The van der Waals surface area contributed by atoms with Crippen molar-refractivity contribution in [1.29, 1.82) is 0 Å². The van der Waals surface area contributed by atoms with Crippen LogP contribution in [-0.4, -0.2) is 102 Å². The number of likely N-dealkylation sites (N-methyl/N-ethyl adjacent to an activating group) is 1. The molecule has 12 heteroatoms. The van der Waals surface area contributed by atoms with E-state index in [2.05, 4.69) is 0 Å². The van der Waals surface area contributed by atoms with E-state index in [1.54, 1.807) is 36.4 Å². The molecule has 44 heavy (non-hydrogen) atoms. The lowest BCUT2D eigenvalue weighted by Gasteiger charge is -2.35. The van der Waals surface area contributed by atoms with E-state index >= 15 is 0 Å². The zero-order valence-electron chi connectivity index (χ0n) is 25.9. The second kappa shape index (κ2) is 14.4. The van der Waals surface area contributed by atoms with Crippen molar-refractivity contribution < 1.29 is 52.6 Å². The van der Waals surface area contributed by atoms with Crippen molar-refractivity contribution >= 4 is 24.1 Å². The number of benzene rings is 2. The first-order chi connectivity index (χ1) is 21.2. The lowest BCUT2D eigenvalue weighted by atomic mass is 10.00. The van der Waals surface area contributed by atoms with Crippen molar-refractivity contribution in [3.63, 3.8) is 0 Å². The van der Waals surface area contributed by atoms with Gasteiger partial charge in [-0.15, -0.1) is 0 Å². The van der Waals surface area contributed by atoms with Gasteiger partial charge in [0.05, 0.1) is 48.7 Å². The summed E-state index contributed by atoms with van der Waals surface area (Å²) in [6.07, 6.45) is 4.35. The Morgan fingerprint density at radius 3 is 1.50 bits per heavy atom. The number of carbonyl (C=O) groups excluding carboxylic acids is 2. The van der Waals surface area contributed by atoms with Gasteiger partial charge in [-0.3, -0.25) is 4.90 Å². The minimum absolute atomic E-state index is 0.334. The van der Waals surface area contributed by atoms with Gasteiger partial charge in [-0.2, -0.15) is 0 Å². The topological polar surface area (TPSA) is 131 Å². The molecule has 2 bridgehead atoms. The van der Waals surface area contributed by atoms with Crippen LogP contribution in [0.25, 0.3) is 12.2 Å². The molecule has 1 N–H and O–H groups in total. The highest BCUT2D eigenvalue weighted by molar-refractivity contribution is 5.88. The Morgan fingerprint density at radius 1 is 0.682 bits per heavy atom. The van der Waals surface area contributed by atoms with Crippen LogP contribution in [0.1, 0.15) is 24.0 Å². The van der Waals surface area contributed by atoms with Crippen LogP contribution < -0.4 is 28.4 Å². The van der Waals surface area contributed by atoms with Gasteiger partial charge in [0.25, 0.3) is 0 Å². The van der Waals surface area contributed by atoms with E-state index in [1.807, 2.05) is 11.9 Å². The Morgan fingerprint density at radius 2 is 1.09 bits per heavy atom. The van der Waals surface area contributed by atoms with E-state index in [9.17, 15) is 14.7 Å². The number of piperidine rings is 1. The third-order valence-corrected chi connectivity index (χ3v) is 7.90. The number of ether oxygens (including phenoxy) is 8. The Labute approximate surface area is 256 Å². The molecule has 0 radical (unpaired) electrons. The zero-order valence-corrected chi connectivity index (χ0v) is 25.9. The summed E-state index contributed by atoms with van der Waals surface area (Å²) >= 11 is 0. The molecular formula is C32H39NO11. The van der Waals surface area contributed by atoms with Crippen molar-refractivity contribution in [1.82, 2.24) is 4.90 Å². The monoisotopic (exact) mass is 613 g/mol. The molecule has 2 heterocycles. The maximum Gasteiger partial charge on any atom is 0.331 e. The van der Waals surface area contributed by atoms with Crippen LogP contribution in [0.15, 0.2) is 36.4 Å². The number of nitrogens with zero attached hydrogens (tertiary/aromatic N) is 1. The largest absolute Gasteiger partial charge is 0.493 e. The molecule has 4 rings (SSSR count). The van der Waals surface area contributed by atoms with E-state index in [-0.39, 0.29) is 12.1 Å². The quantitative estimate of drug-likeness (QED) is 0.279. The lowest BCUT2D eigenvalue weighted by molar-refractivity contribution is -0.151. The Bertz CT molecular complexity index is 1350. The fourth-order valence-corrected chi connectivity index (χ4v) is 5.75. The van der Waals surface area contributed by atoms with Gasteiger partial charge in [0.15, 0.2) is 23.0 Å². The van der Waals surface area contributed by atoms with Crippen molar-refractivity contribution in [2.75, 3.05) is 49.7 Å². The third kappa shape index (κ3) is 6.87. The normalized spacial score (nSPS) is 23.0. The zero-order chi connectivity index (χ0) is 32.0. The SMILES string of the molecule is COc1cc(/C=C/C(=O)O[C@@H]2CC3[C@@H](OC(=O)/C=C/c4cc(OC)c(OC)c(OC)c4)[C@@H](O)C(C2)N3C)cc(OC)c1OC. The molecule has 2 fully saturated rings. The van der Waals surface area contributed by atoms with Gasteiger partial charge in [-0.1, -0.05) is 0 Å². The summed E-state index contributed by atoms with van der Waals surface area (Å²) in [5.41, 5.74) is 1.28.